The maximum atomic E-state index is 13.7. The molecule has 2 aliphatic carbocycles. The molecule has 0 unspecified atom stereocenters. The molecule has 5 atom stereocenters. The highest BCUT2D eigenvalue weighted by atomic mass is 35.5. The highest BCUT2D eigenvalue weighted by Crippen LogP contribution is 2.77. The summed E-state index contributed by atoms with van der Waals surface area (Å²) >= 11 is 39.4. The van der Waals surface area contributed by atoms with Crippen LogP contribution >= 0.6 is 69.6 Å². The molecular weight excluding hydrogens is 669 g/mol. The van der Waals surface area contributed by atoms with Gasteiger partial charge in [-0.05, 0) is 61.7 Å². The number of rotatable bonds is 4. The van der Waals surface area contributed by atoms with E-state index in [0.717, 1.165) is 21.7 Å². The number of allylic oxidation sites excluding steroid dienone is 2. The predicted octanol–water partition coefficient (Wildman–Crippen LogP) is 6.52. The number of ether oxygens (including phenoxy) is 1. The van der Waals surface area contributed by atoms with Gasteiger partial charge in [0.25, 0.3) is 0 Å². The van der Waals surface area contributed by atoms with E-state index >= 15 is 0 Å². The van der Waals surface area contributed by atoms with Gasteiger partial charge in [0.15, 0.2) is 4.33 Å². The molecule has 2 saturated heterocycles. The number of hydrogen-bond acceptors (Lipinski definition) is 5. The first-order chi connectivity index (χ1) is 19.6. The zero-order valence-corrected chi connectivity index (χ0v) is 26.8. The second-order valence-corrected chi connectivity index (χ2v) is 14.4. The maximum Gasteiger partial charge on any atom is 0.316 e. The summed E-state index contributed by atoms with van der Waals surface area (Å²) in [6.07, 6.45) is 0.0188. The second kappa shape index (κ2) is 9.75. The van der Waals surface area contributed by atoms with Gasteiger partial charge in [-0.1, -0.05) is 58.5 Å². The third kappa shape index (κ3) is 3.74. The predicted molar refractivity (Wildman–Crippen MR) is 163 cm³/mol. The number of alkyl halides is 4. The number of nitrogens with zero attached hydrogens (tertiary/aromatic N) is 2. The van der Waals surface area contributed by atoms with Crippen molar-refractivity contribution in [3.8, 4) is 5.75 Å². The summed E-state index contributed by atoms with van der Waals surface area (Å²) in [6.45, 7) is 5.69. The first-order valence-corrected chi connectivity index (χ1v) is 15.2. The number of anilines is 2. The third-order valence-corrected chi connectivity index (χ3v) is 12.9. The van der Waals surface area contributed by atoms with Crippen LogP contribution in [0.1, 0.15) is 23.1 Å². The Morgan fingerprint density at radius 3 is 2.00 bits per heavy atom. The lowest BCUT2D eigenvalue weighted by Crippen LogP contribution is -2.50. The first-order valence-electron chi connectivity index (χ1n) is 13.0. The summed E-state index contributed by atoms with van der Waals surface area (Å²) in [7, 11) is 0. The van der Waals surface area contributed by atoms with Crippen molar-refractivity contribution in [2.45, 2.75) is 41.3 Å². The molecule has 0 aromatic heterocycles. The number of fused-ring (bicyclic) bond motifs is 5. The van der Waals surface area contributed by atoms with Crippen LogP contribution in [0, 0.1) is 38.5 Å². The van der Waals surface area contributed by atoms with Gasteiger partial charge in [0.05, 0.1) is 33.5 Å². The van der Waals surface area contributed by atoms with E-state index in [0.29, 0.717) is 5.56 Å². The summed E-state index contributed by atoms with van der Waals surface area (Å²) in [5.41, 5.74) is 3.39. The average Bonchev–Trinajstić information content (AvgIpc) is 3.51. The van der Waals surface area contributed by atoms with E-state index in [1.54, 1.807) is 11.8 Å². The van der Waals surface area contributed by atoms with Crippen molar-refractivity contribution in [2.24, 2.45) is 17.8 Å². The molecule has 4 aliphatic rings. The van der Waals surface area contributed by atoms with Crippen molar-refractivity contribution in [2.75, 3.05) is 16.3 Å². The van der Waals surface area contributed by atoms with E-state index < -0.39 is 49.6 Å². The Morgan fingerprint density at radius 1 is 0.833 bits per heavy atom. The Morgan fingerprint density at radius 2 is 1.43 bits per heavy atom. The maximum absolute atomic E-state index is 13.7. The lowest BCUT2D eigenvalue weighted by Gasteiger charge is -2.34. The van der Waals surface area contributed by atoms with Crippen LogP contribution in [-0.2, 0) is 19.2 Å². The number of hydrogen-bond donors (Lipinski definition) is 0. The van der Waals surface area contributed by atoms with Gasteiger partial charge in [-0.25, -0.2) is 4.90 Å². The highest BCUT2D eigenvalue weighted by molar-refractivity contribution is 6.67. The number of imide groups is 1. The van der Waals surface area contributed by atoms with E-state index in [2.05, 4.69) is 0 Å². The molecule has 6 rings (SSSR count). The van der Waals surface area contributed by atoms with Crippen LogP contribution in [0.25, 0.3) is 0 Å². The highest BCUT2D eigenvalue weighted by Gasteiger charge is 2.87. The minimum Gasteiger partial charge on any atom is -0.426 e. The quantitative estimate of drug-likeness (QED) is 0.158. The van der Waals surface area contributed by atoms with Gasteiger partial charge >= 0.3 is 5.97 Å². The lowest BCUT2D eigenvalue weighted by molar-refractivity contribution is -0.139. The molecule has 2 aliphatic heterocycles. The van der Waals surface area contributed by atoms with Gasteiger partial charge in [-0.2, -0.15) is 0 Å². The summed E-state index contributed by atoms with van der Waals surface area (Å²) in [6, 6.07) is 10.3. The van der Waals surface area contributed by atoms with E-state index in [1.165, 1.54) is 18.2 Å². The lowest BCUT2D eigenvalue weighted by atomic mass is 9.84. The third-order valence-electron chi connectivity index (χ3n) is 8.65. The summed E-state index contributed by atoms with van der Waals surface area (Å²) in [5, 5.41) is -0.342. The fourth-order valence-corrected chi connectivity index (χ4v) is 9.41. The fraction of sp³-hybridized carbons (Fsp3) is 0.379. The number of carbonyl (C=O) groups excluding carboxylic acids is 4. The molecule has 2 bridgehead atoms. The number of amides is 3. The summed E-state index contributed by atoms with van der Waals surface area (Å²) in [5.74, 6) is -5.08. The fourth-order valence-electron chi connectivity index (χ4n) is 6.48. The van der Waals surface area contributed by atoms with Crippen molar-refractivity contribution in [3.63, 3.8) is 0 Å². The number of esters is 1. The largest absolute Gasteiger partial charge is 0.426 e. The SMILES string of the molecule is Cc1ccc(C)c(N2C[C@@H](C(=O)Oc3ccc(N4C(=O)[C@@H]5[C@H](C4=O)[C@@]4(Cl)C(Cl)=C(Cl)[C@@]5(Cl)C4(Cl)Cl)c(C)c3)CC2=O)c1. The van der Waals surface area contributed by atoms with Crippen LogP contribution < -0.4 is 14.5 Å². The Kier molecular flexibility index (Phi) is 6.97. The van der Waals surface area contributed by atoms with Crippen molar-refractivity contribution < 1.29 is 23.9 Å². The Balaban J connectivity index is 1.22. The van der Waals surface area contributed by atoms with E-state index in [1.807, 2.05) is 32.0 Å². The molecule has 13 heteroatoms. The van der Waals surface area contributed by atoms with Gasteiger partial charge < -0.3 is 9.64 Å². The van der Waals surface area contributed by atoms with Crippen LogP contribution in [-0.4, -0.2) is 44.3 Å². The normalized spacial score (nSPS) is 31.5. The minimum absolute atomic E-state index is 0.0188. The number of halogens is 6. The Bertz CT molecular complexity index is 1610. The average molecular weight is 691 g/mol. The standard InChI is InChI=1S/C29H22Cl6N2O5/c1-12-4-5-13(2)18(8-12)36-11-15(10-19(36)38)26(41)42-16-6-7-17(14(3)9-16)37-24(39)20-21(25(37)40)28(33)23(31)22(30)27(20,32)29(28,34)35/h4-9,15,20-21H,10-11H2,1-3H3/t15-,20-,21+,27+,28+/m0/s1. The summed E-state index contributed by atoms with van der Waals surface area (Å²) < 4.78 is 3.60. The van der Waals surface area contributed by atoms with Crippen LogP contribution in [0.15, 0.2) is 46.5 Å². The van der Waals surface area contributed by atoms with Crippen LogP contribution in [0.2, 0.25) is 0 Å². The Hall–Kier alpha value is -2.00. The van der Waals surface area contributed by atoms with Gasteiger partial charge in [0.2, 0.25) is 17.7 Å². The van der Waals surface area contributed by atoms with Crippen molar-refractivity contribution in [1.82, 2.24) is 0 Å². The zero-order chi connectivity index (χ0) is 30.7. The topological polar surface area (TPSA) is 84.0 Å². The molecule has 0 radical (unpaired) electrons. The molecule has 0 N–H and O–H groups in total. The van der Waals surface area contributed by atoms with Crippen molar-refractivity contribution in [1.29, 1.82) is 0 Å². The molecule has 2 aromatic rings. The molecule has 1 saturated carbocycles. The molecule has 2 aromatic carbocycles. The van der Waals surface area contributed by atoms with Crippen LogP contribution in [0.4, 0.5) is 11.4 Å². The molecule has 3 amide bonds. The smallest absolute Gasteiger partial charge is 0.316 e. The molecule has 42 heavy (non-hydrogen) atoms. The molecular formula is C29H22Cl6N2O5. The molecule has 0 spiro atoms. The number of benzene rings is 2. The van der Waals surface area contributed by atoms with Gasteiger partial charge in [0.1, 0.15) is 15.5 Å². The summed E-state index contributed by atoms with van der Waals surface area (Å²) in [4.78, 5) is 51.9. The minimum atomic E-state index is -2.02. The number of carbonyl (C=O) groups is 4. The van der Waals surface area contributed by atoms with E-state index in [9.17, 15) is 19.2 Å². The van der Waals surface area contributed by atoms with Gasteiger partial charge in [0, 0.05) is 18.7 Å². The number of aryl methyl sites for hydroxylation is 3. The monoisotopic (exact) mass is 688 g/mol. The van der Waals surface area contributed by atoms with E-state index in [4.69, 9.17) is 74.3 Å². The van der Waals surface area contributed by atoms with Crippen LogP contribution in [0.3, 0.4) is 0 Å². The molecule has 2 heterocycles. The van der Waals surface area contributed by atoms with Crippen molar-refractivity contribution >= 4 is 105 Å². The molecule has 220 valence electrons. The molecule has 3 fully saturated rings. The second-order valence-electron chi connectivity index (χ2n) is 11.2. The van der Waals surface area contributed by atoms with Crippen molar-refractivity contribution in [3.05, 3.63) is 63.2 Å². The Labute approximate surface area is 271 Å². The van der Waals surface area contributed by atoms with Gasteiger partial charge in [-0.3, -0.25) is 19.2 Å². The van der Waals surface area contributed by atoms with Gasteiger partial charge in [-0.15, -0.1) is 23.2 Å². The van der Waals surface area contributed by atoms with E-state index in [-0.39, 0.29) is 40.4 Å². The van der Waals surface area contributed by atoms with Crippen LogP contribution in [0.5, 0.6) is 5.75 Å². The first kappa shape index (κ1) is 30.0. The zero-order valence-electron chi connectivity index (χ0n) is 22.3. The molecule has 7 nitrogen and oxygen atoms in total.